The van der Waals surface area contributed by atoms with Crippen molar-refractivity contribution in [3.63, 3.8) is 0 Å². The Morgan fingerprint density at radius 3 is 2.58 bits per heavy atom. The Morgan fingerprint density at radius 1 is 1.26 bits per heavy atom. The summed E-state index contributed by atoms with van der Waals surface area (Å²) >= 11 is 0. The molecule has 0 fully saturated rings. The van der Waals surface area contributed by atoms with Crippen LogP contribution in [-0.2, 0) is 0 Å². The normalized spacial score (nSPS) is 10.8. The molecule has 2 rings (SSSR count). The van der Waals surface area contributed by atoms with Gasteiger partial charge in [-0.15, -0.1) is 0 Å². The maximum absolute atomic E-state index is 12.6. The molecule has 1 aromatic heterocycles. The van der Waals surface area contributed by atoms with E-state index in [-0.39, 0.29) is 5.91 Å². The van der Waals surface area contributed by atoms with Crippen LogP contribution in [-0.4, -0.2) is 28.9 Å². The summed E-state index contributed by atoms with van der Waals surface area (Å²) in [5, 5.41) is 0.941. The van der Waals surface area contributed by atoms with Crippen molar-refractivity contribution in [2.75, 3.05) is 18.8 Å². The van der Waals surface area contributed by atoms with Crippen LogP contribution in [0, 0.1) is 0 Å². The SMILES string of the molecule is CCCN(CCC)C(=O)c1c[nH]c2cc(N)ccc12. The summed E-state index contributed by atoms with van der Waals surface area (Å²) in [5.41, 5.74) is 8.10. The van der Waals surface area contributed by atoms with Gasteiger partial charge in [0.05, 0.1) is 5.56 Å². The number of nitrogens with two attached hydrogens (primary N) is 1. The average Bonchev–Trinajstić information content (AvgIpc) is 2.80. The lowest BCUT2D eigenvalue weighted by Gasteiger charge is -2.21. The first kappa shape index (κ1) is 13.5. The zero-order chi connectivity index (χ0) is 13.8. The predicted molar refractivity (Wildman–Crippen MR) is 79.2 cm³/mol. The fourth-order valence-electron chi connectivity index (χ4n) is 2.35. The van der Waals surface area contributed by atoms with Crippen LogP contribution in [0.5, 0.6) is 0 Å². The van der Waals surface area contributed by atoms with Crippen LogP contribution in [0.1, 0.15) is 37.0 Å². The fraction of sp³-hybridized carbons (Fsp3) is 0.400. The number of amides is 1. The van der Waals surface area contributed by atoms with Gasteiger partial charge in [0.1, 0.15) is 0 Å². The van der Waals surface area contributed by atoms with Gasteiger partial charge in [0.2, 0.25) is 0 Å². The minimum atomic E-state index is 0.0970. The van der Waals surface area contributed by atoms with Crippen molar-refractivity contribution >= 4 is 22.5 Å². The van der Waals surface area contributed by atoms with Gasteiger partial charge in [0.25, 0.3) is 5.91 Å². The summed E-state index contributed by atoms with van der Waals surface area (Å²) in [6.45, 7) is 5.78. The van der Waals surface area contributed by atoms with E-state index in [2.05, 4.69) is 18.8 Å². The number of nitrogens with one attached hydrogen (secondary N) is 1. The molecule has 1 amide bonds. The second-order valence-corrected chi connectivity index (χ2v) is 4.80. The molecule has 1 heterocycles. The Bertz CT molecular complexity index is 568. The van der Waals surface area contributed by atoms with Crippen molar-refractivity contribution in [2.24, 2.45) is 0 Å². The van der Waals surface area contributed by atoms with Crippen LogP contribution in [0.15, 0.2) is 24.4 Å². The Morgan fingerprint density at radius 2 is 1.95 bits per heavy atom. The first-order valence-corrected chi connectivity index (χ1v) is 6.83. The van der Waals surface area contributed by atoms with E-state index < -0.39 is 0 Å². The lowest BCUT2D eigenvalue weighted by molar-refractivity contribution is 0.0757. The van der Waals surface area contributed by atoms with Crippen LogP contribution in [0.4, 0.5) is 5.69 Å². The number of nitrogen functional groups attached to an aromatic ring is 1. The van der Waals surface area contributed by atoms with Gasteiger partial charge in [-0.3, -0.25) is 4.79 Å². The quantitative estimate of drug-likeness (QED) is 0.811. The Balaban J connectivity index is 2.34. The number of benzene rings is 1. The van der Waals surface area contributed by atoms with Crippen molar-refractivity contribution in [1.82, 2.24) is 9.88 Å². The van der Waals surface area contributed by atoms with Crippen LogP contribution in [0.2, 0.25) is 0 Å². The number of rotatable bonds is 5. The molecular weight excluding hydrogens is 238 g/mol. The molecule has 0 atom stereocenters. The third-order valence-corrected chi connectivity index (χ3v) is 3.21. The highest BCUT2D eigenvalue weighted by Gasteiger charge is 2.17. The van der Waals surface area contributed by atoms with Crippen LogP contribution < -0.4 is 5.73 Å². The Labute approximate surface area is 113 Å². The number of carbonyl (C=O) groups is 1. The van der Waals surface area contributed by atoms with E-state index in [4.69, 9.17) is 5.73 Å². The van der Waals surface area contributed by atoms with Gasteiger partial charge in [0, 0.05) is 35.9 Å². The molecule has 102 valence electrons. The number of nitrogens with zero attached hydrogens (tertiary/aromatic N) is 1. The molecule has 0 saturated carbocycles. The number of fused-ring (bicyclic) bond motifs is 1. The predicted octanol–water partition coefficient (Wildman–Crippen LogP) is 3.01. The summed E-state index contributed by atoms with van der Waals surface area (Å²) < 4.78 is 0. The Hall–Kier alpha value is -1.97. The summed E-state index contributed by atoms with van der Waals surface area (Å²) in [6.07, 6.45) is 3.73. The van der Waals surface area contributed by atoms with Gasteiger partial charge in [-0.25, -0.2) is 0 Å². The molecule has 4 heteroatoms. The third-order valence-electron chi connectivity index (χ3n) is 3.21. The highest BCUT2D eigenvalue weighted by Crippen LogP contribution is 2.22. The van der Waals surface area contributed by atoms with E-state index in [0.717, 1.165) is 42.4 Å². The zero-order valence-electron chi connectivity index (χ0n) is 11.6. The standard InChI is InChI=1S/C15H21N3O/c1-3-7-18(8-4-2)15(19)13-10-17-14-9-11(16)5-6-12(13)14/h5-6,9-10,17H,3-4,7-8,16H2,1-2H3. The molecular formula is C15H21N3O. The number of hydrogen-bond acceptors (Lipinski definition) is 2. The first-order chi connectivity index (χ1) is 9.17. The molecule has 2 aromatic rings. The maximum atomic E-state index is 12.6. The average molecular weight is 259 g/mol. The second kappa shape index (κ2) is 5.78. The second-order valence-electron chi connectivity index (χ2n) is 4.80. The highest BCUT2D eigenvalue weighted by molar-refractivity contribution is 6.07. The number of carbonyl (C=O) groups excluding carboxylic acids is 1. The largest absolute Gasteiger partial charge is 0.399 e. The highest BCUT2D eigenvalue weighted by atomic mass is 16.2. The summed E-state index contributed by atoms with van der Waals surface area (Å²) in [7, 11) is 0. The number of aromatic amines is 1. The molecule has 3 N–H and O–H groups in total. The van der Waals surface area contributed by atoms with E-state index >= 15 is 0 Å². The number of aromatic nitrogens is 1. The monoisotopic (exact) mass is 259 g/mol. The first-order valence-electron chi connectivity index (χ1n) is 6.83. The van der Waals surface area contributed by atoms with Gasteiger partial charge in [-0.1, -0.05) is 13.8 Å². The van der Waals surface area contributed by atoms with Gasteiger partial charge in [-0.2, -0.15) is 0 Å². The van der Waals surface area contributed by atoms with Gasteiger partial charge in [0.15, 0.2) is 0 Å². The molecule has 0 aliphatic rings. The Kier molecular flexibility index (Phi) is 4.10. The molecule has 4 nitrogen and oxygen atoms in total. The van der Waals surface area contributed by atoms with Gasteiger partial charge in [-0.05, 0) is 31.0 Å². The fourth-order valence-corrected chi connectivity index (χ4v) is 2.35. The van der Waals surface area contributed by atoms with E-state index in [9.17, 15) is 4.79 Å². The lowest BCUT2D eigenvalue weighted by atomic mass is 10.1. The van der Waals surface area contributed by atoms with Crippen molar-refractivity contribution in [3.8, 4) is 0 Å². The molecule has 19 heavy (non-hydrogen) atoms. The molecule has 0 aliphatic carbocycles. The molecule has 0 bridgehead atoms. The van der Waals surface area contributed by atoms with Crippen molar-refractivity contribution in [3.05, 3.63) is 30.0 Å². The number of H-pyrrole nitrogens is 1. The maximum Gasteiger partial charge on any atom is 0.256 e. The molecule has 1 aromatic carbocycles. The summed E-state index contributed by atoms with van der Waals surface area (Å²) in [6, 6.07) is 5.59. The molecule has 0 unspecified atom stereocenters. The smallest absolute Gasteiger partial charge is 0.256 e. The zero-order valence-corrected chi connectivity index (χ0v) is 11.6. The lowest BCUT2D eigenvalue weighted by Crippen LogP contribution is -2.32. The van der Waals surface area contributed by atoms with Crippen molar-refractivity contribution < 1.29 is 4.79 Å². The van der Waals surface area contributed by atoms with E-state index in [0.29, 0.717) is 5.69 Å². The van der Waals surface area contributed by atoms with E-state index in [1.54, 1.807) is 6.20 Å². The van der Waals surface area contributed by atoms with Crippen LogP contribution >= 0.6 is 0 Å². The van der Waals surface area contributed by atoms with Gasteiger partial charge >= 0.3 is 0 Å². The topological polar surface area (TPSA) is 62.1 Å². The molecule has 0 saturated heterocycles. The van der Waals surface area contributed by atoms with Crippen LogP contribution in [0.3, 0.4) is 0 Å². The van der Waals surface area contributed by atoms with E-state index in [1.165, 1.54) is 0 Å². The number of anilines is 1. The number of hydrogen-bond donors (Lipinski definition) is 2. The third kappa shape index (κ3) is 2.72. The minimum Gasteiger partial charge on any atom is -0.399 e. The van der Waals surface area contributed by atoms with Crippen LogP contribution in [0.25, 0.3) is 10.9 Å². The van der Waals surface area contributed by atoms with Crippen molar-refractivity contribution in [1.29, 1.82) is 0 Å². The van der Waals surface area contributed by atoms with E-state index in [1.807, 2.05) is 23.1 Å². The molecule has 0 aliphatic heterocycles. The minimum absolute atomic E-state index is 0.0970. The van der Waals surface area contributed by atoms with Gasteiger partial charge < -0.3 is 15.6 Å². The summed E-state index contributed by atoms with van der Waals surface area (Å²) in [4.78, 5) is 17.6. The molecule has 0 spiro atoms. The van der Waals surface area contributed by atoms with Crippen molar-refractivity contribution in [2.45, 2.75) is 26.7 Å². The molecule has 0 radical (unpaired) electrons. The summed E-state index contributed by atoms with van der Waals surface area (Å²) in [5.74, 6) is 0.0970.